The van der Waals surface area contributed by atoms with Crippen LogP contribution in [0.3, 0.4) is 0 Å². The van der Waals surface area contributed by atoms with Gasteiger partial charge in [-0.2, -0.15) is 0 Å². The summed E-state index contributed by atoms with van der Waals surface area (Å²) in [6.45, 7) is 3.23. The first-order valence-electron chi connectivity index (χ1n) is 6.07. The molecule has 1 aromatic heterocycles. The molecular formula is C15H15NO4. The zero-order valence-electron chi connectivity index (χ0n) is 11.5. The van der Waals surface area contributed by atoms with Crippen molar-refractivity contribution in [2.24, 2.45) is 0 Å². The molecule has 0 amide bonds. The highest BCUT2D eigenvalue weighted by Crippen LogP contribution is 2.23. The molecule has 0 fully saturated rings. The normalized spacial score (nSPS) is 10.3. The molecular weight excluding hydrogens is 258 g/mol. The molecule has 0 aliphatic heterocycles. The van der Waals surface area contributed by atoms with E-state index in [0.29, 0.717) is 22.7 Å². The topological polar surface area (TPSA) is 68.5 Å². The number of carbonyl (C=O) groups is 1. The fourth-order valence-electron chi connectivity index (χ4n) is 2.32. The average Bonchev–Trinajstić information content (AvgIpc) is 2.38. The van der Waals surface area contributed by atoms with Crippen LogP contribution < -0.4 is 10.3 Å². The highest BCUT2D eigenvalue weighted by atomic mass is 16.5. The first kappa shape index (κ1) is 13.9. The molecule has 1 heterocycles. The number of aryl methyl sites for hydroxylation is 1. The van der Waals surface area contributed by atoms with E-state index < -0.39 is 5.97 Å². The van der Waals surface area contributed by atoms with E-state index in [1.807, 2.05) is 0 Å². The number of rotatable bonds is 3. The minimum absolute atomic E-state index is 0.135. The summed E-state index contributed by atoms with van der Waals surface area (Å²) >= 11 is 0. The van der Waals surface area contributed by atoms with Crippen LogP contribution in [-0.4, -0.2) is 22.8 Å². The third kappa shape index (κ3) is 2.18. The SMILES string of the molecule is COc1ccccc1-n1c(C)c(C(=O)O)c(C)cc1=O. The maximum atomic E-state index is 12.2. The Morgan fingerprint density at radius 3 is 2.50 bits per heavy atom. The van der Waals surface area contributed by atoms with E-state index in [1.165, 1.54) is 17.7 Å². The number of nitrogens with zero attached hydrogens (tertiary/aromatic N) is 1. The molecule has 0 aliphatic rings. The van der Waals surface area contributed by atoms with Crippen LogP contribution in [0.25, 0.3) is 5.69 Å². The molecule has 5 heteroatoms. The molecule has 2 aromatic rings. The molecule has 0 atom stereocenters. The summed E-state index contributed by atoms with van der Waals surface area (Å²) in [5.74, 6) is -0.540. The molecule has 1 aromatic carbocycles. The summed E-state index contributed by atoms with van der Waals surface area (Å²) in [6.07, 6.45) is 0. The zero-order chi connectivity index (χ0) is 14.9. The Bertz CT molecular complexity index is 731. The lowest BCUT2D eigenvalue weighted by Gasteiger charge is -2.16. The van der Waals surface area contributed by atoms with Crippen LogP contribution in [-0.2, 0) is 0 Å². The summed E-state index contributed by atoms with van der Waals surface area (Å²) in [5, 5.41) is 9.29. The molecule has 0 unspecified atom stereocenters. The smallest absolute Gasteiger partial charge is 0.337 e. The van der Waals surface area contributed by atoms with Gasteiger partial charge in [-0.3, -0.25) is 9.36 Å². The predicted molar refractivity (Wildman–Crippen MR) is 75.0 cm³/mol. The van der Waals surface area contributed by atoms with Gasteiger partial charge in [0.1, 0.15) is 5.75 Å². The first-order valence-corrected chi connectivity index (χ1v) is 6.07. The zero-order valence-corrected chi connectivity index (χ0v) is 11.5. The van der Waals surface area contributed by atoms with Gasteiger partial charge in [0.05, 0.1) is 18.4 Å². The number of carboxylic acid groups (broad SMARTS) is 1. The third-order valence-electron chi connectivity index (χ3n) is 3.19. The molecule has 0 bridgehead atoms. The van der Waals surface area contributed by atoms with Crippen LogP contribution in [0.5, 0.6) is 5.75 Å². The van der Waals surface area contributed by atoms with Crippen LogP contribution in [0.15, 0.2) is 35.1 Å². The molecule has 20 heavy (non-hydrogen) atoms. The molecule has 0 aliphatic carbocycles. The lowest BCUT2D eigenvalue weighted by molar-refractivity contribution is 0.0694. The summed E-state index contributed by atoms with van der Waals surface area (Å²) in [6, 6.07) is 8.32. The van der Waals surface area contributed by atoms with Gasteiger partial charge >= 0.3 is 5.97 Å². The second-order valence-corrected chi connectivity index (χ2v) is 4.44. The van der Waals surface area contributed by atoms with E-state index in [4.69, 9.17) is 4.74 Å². The Morgan fingerprint density at radius 1 is 1.25 bits per heavy atom. The highest BCUT2D eigenvalue weighted by Gasteiger charge is 2.18. The van der Waals surface area contributed by atoms with Crippen LogP contribution in [0, 0.1) is 13.8 Å². The number of carboxylic acids is 1. The number of benzene rings is 1. The maximum absolute atomic E-state index is 12.2. The minimum atomic E-state index is -1.05. The van der Waals surface area contributed by atoms with E-state index in [-0.39, 0.29) is 11.1 Å². The summed E-state index contributed by atoms with van der Waals surface area (Å²) in [5.41, 5.74) is 1.21. The number of pyridine rings is 1. The lowest BCUT2D eigenvalue weighted by Crippen LogP contribution is -2.24. The van der Waals surface area contributed by atoms with Crippen molar-refractivity contribution >= 4 is 5.97 Å². The number of ether oxygens (including phenoxy) is 1. The fourth-order valence-corrected chi connectivity index (χ4v) is 2.32. The minimum Gasteiger partial charge on any atom is -0.495 e. The largest absolute Gasteiger partial charge is 0.495 e. The molecule has 2 rings (SSSR count). The Labute approximate surface area is 116 Å². The van der Waals surface area contributed by atoms with E-state index in [9.17, 15) is 14.7 Å². The van der Waals surface area contributed by atoms with Gasteiger partial charge in [-0.15, -0.1) is 0 Å². The predicted octanol–water partition coefficient (Wildman–Crippen LogP) is 2.16. The Kier molecular flexibility index (Phi) is 3.61. The van der Waals surface area contributed by atoms with Crippen molar-refractivity contribution in [1.29, 1.82) is 0 Å². The van der Waals surface area contributed by atoms with Gasteiger partial charge in [0.15, 0.2) is 0 Å². The van der Waals surface area contributed by atoms with E-state index >= 15 is 0 Å². The second kappa shape index (κ2) is 5.21. The second-order valence-electron chi connectivity index (χ2n) is 4.44. The maximum Gasteiger partial charge on any atom is 0.337 e. The van der Waals surface area contributed by atoms with E-state index in [1.54, 1.807) is 38.1 Å². The van der Waals surface area contributed by atoms with Gasteiger partial charge in [0.2, 0.25) is 0 Å². The van der Waals surface area contributed by atoms with Gasteiger partial charge < -0.3 is 9.84 Å². The molecule has 0 saturated heterocycles. The van der Waals surface area contributed by atoms with Crippen molar-refractivity contribution in [2.45, 2.75) is 13.8 Å². The lowest BCUT2D eigenvalue weighted by atomic mass is 10.1. The Morgan fingerprint density at radius 2 is 1.90 bits per heavy atom. The number of hydrogen-bond acceptors (Lipinski definition) is 3. The van der Waals surface area contributed by atoms with Crippen molar-refractivity contribution in [3.05, 3.63) is 57.5 Å². The standard InChI is InChI=1S/C15H15NO4/c1-9-8-13(17)16(10(2)14(9)15(18)19)11-6-4-5-7-12(11)20-3/h4-8H,1-3H3,(H,18,19). The molecule has 5 nitrogen and oxygen atoms in total. The van der Waals surface area contributed by atoms with E-state index in [2.05, 4.69) is 0 Å². The fraction of sp³-hybridized carbons (Fsp3) is 0.200. The van der Waals surface area contributed by atoms with Crippen molar-refractivity contribution in [3.63, 3.8) is 0 Å². The van der Waals surface area contributed by atoms with Crippen LogP contribution in [0.2, 0.25) is 0 Å². The van der Waals surface area contributed by atoms with Crippen molar-refractivity contribution < 1.29 is 14.6 Å². The van der Waals surface area contributed by atoms with Crippen LogP contribution in [0.1, 0.15) is 21.6 Å². The van der Waals surface area contributed by atoms with Gasteiger partial charge in [-0.1, -0.05) is 12.1 Å². The number of methoxy groups -OCH3 is 1. The first-order chi connectivity index (χ1) is 9.47. The molecule has 104 valence electrons. The van der Waals surface area contributed by atoms with Gasteiger partial charge in [0.25, 0.3) is 5.56 Å². The van der Waals surface area contributed by atoms with Crippen molar-refractivity contribution in [1.82, 2.24) is 4.57 Å². The monoisotopic (exact) mass is 273 g/mol. The number of aromatic carboxylic acids is 1. The van der Waals surface area contributed by atoms with Crippen molar-refractivity contribution in [2.75, 3.05) is 7.11 Å². The Balaban J connectivity index is 2.85. The van der Waals surface area contributed by atoms with E-state index in [0.717, 1.165) is 0 Å². The van der Waals surface area contributed by atoms with Gasteiger partial charge in [-0.05, 0) is 31.5 Å². The molecule has 0 saturated carbocycles. The average molecular weight is 273 g/mol. The van der Waals surface area contributed by atoms with Gasteiger partial charge in [-0.25, -0.2) is 4.79 Å². The summed E-state index contributed by atoms with van der Waals surface area (Å²) in [4.78, 5) is 23.6. The third-order valence-corrected chi connectivity index (χ3v) is 3.19. The van der Waals surface area contributed by atoms with Crippen molar-refractivity contribution in [3.8, 4) is 11.4 Å². The van der Waals surface area contributed by atoms with Gasteiger partial charge in [0, 0.05) is 11.8 Å². The number of para-hydroxylation sites is 2. The summed E-state index contributed by atoms with van der Waals surface area (Å²) < 4.78 is 6.59. The van der Waals surface area contributed by atoms with Crippen LogP contribution in [0.4, 0.5) is 0 Å². The summed E-state index contributed by atoms with van der Waals surface area (Å²) in [7, 11) is 1.51. The number of hydrogen-bond donors (Lipinski definition) is 1. The van der Waals surface area contributed by atoms with Crippen LogP contribution >= 0.6 is 0 Å². The molecule has 0 spiro atoms. The molecule has 0 radical (unpaired) electrons. The Hall–Kier alpha value is -2.56. The highest BCUT2D eigenvalue weighted by molar-refractivity contribution is 5.90. The number of aromatic nitrogens is 1. The molecule has 1 N–H and O–H groups in total. The quantitative estimate of drug-likeness (QED) is 0.930.